The van der Waals surface area contributed by atoms with E-state index in [1.807, 2.05) is 0 Å². The van der Waals surface area contributed by atoms with E-state index in [4.69, 9.17) is 8.83 Å². The van der Waals surface area contributed by atoms with Gasteiger partial charge in [-0.1, -0.05) is 0 Å². The van der Waals surface area contributed by atoms with Crippen molar-refractivity contribution in [3.8, 4) is 183 Å². The summed E-state index contributed by atoms with van der Waals surface area (Å²) in [5.41, 5.74) is -13.3. The van der Waals surface area contributed by atoms with Gasteiger partial charge in [-0.15, -0.1) is 0 Å². The number of hydrogen-bond donors (Lipinski definition) is 26. The summed E-state index contributed by atoms with van der Waals surface area (Å²) in [7, 11) is 0. The molecule has 10 rings (SSSR count). The standard InChI is InChI=1S/C44H26O28/c45-15-3-1(7-16(46)11-12-26(56)33(63)36(66)39(69)43(12)72-42(11)38(68)24(7)54)5-6(19(49)30(60)29(59)18(5)48)2(8-22(52)31(61)35(65)32(62)23(8)53)4(3)17(47)20(50)9(15)10-21(51)25(55)13-14-27(57)34(64)37(67)40(70)44(14)71-41(13)28(10)58/h45-70H. The number of aromatic hydroxyl groups is 26. The van der Waals surface area contributed by atoms with Gasteiger partial charge < -0.3 is 142 Å². The van der Waals surface area contributed by atoms with Crippen LogP contribution in [0, 0.1) is 0 Å². The van der Waals surface area contributed by atoms with Crippen LogP contribution < -0.4 is 0 Å². The molecule has 0 saturated carbocycles. The first-order valence-corrected chi connectivity index (χ1v) is 19.4. The SMILES string of the molecule is Oc1c(O)c(O)c(-c2c3c(O)c(O)c(O)c(O)c3c(-c3c(O)c(O)c4oc5c(O)c(O)c(O)c(O)c5c4c3O)c3c(O)c(-c4c(O)c(O)c5c(oc6c(O)c(O)c(O)c(O)c65)c4O)c(O)c(O)c23)c(O)c1O. The fourth-order valence-electron chi connectivity index (χ4n) is 9.02. The van der Waals surface area contributed by atoms with Gasteiger partial charge in [0.05, 0.1) is 43.8 Å². The molecule has 0 saturated heterocycles. The number of rotatable bonds is 3. The van der Waals surface area contributed by atoms with Gasteiger partial charge in [-0.05, 0) is 0 Å². The summed E-state index contributed by atoms with van der Waals surface area (Å²) >= 11 is 0. The van der Waals surface area contributed by atoms with Gasteiger partial charge in [0.1, 0.15) is 11.5 Å². The summed E-state index contributed by atoms with van der Waals surface area (Å²) in [4.78, 5) is 0. The lowest BCUT2D eigenvalue weighted by Crippen LogP contribution is -1.97. The Morgan fingerprint density at radius 2 is 0.292 bits per heavy atom. The Morgan fingerprint density at radius 3 is 0.681 bits per heavy atom. The van der Waals surface area contributed by atoms with Gasteiger partial charge in [-0.2, -0.15) is 0 Å². The number of phenolic OH excluding ortho intramolecular Hbond substituents is 26. The van der Waals surface area contributed by atoms with Crippen LogP contribution in [0.25, 0.3) is 98.8 Å². The number of hydrogen-bond acceptors (Lipinski definition) is 28. The average Bonchev–Trinajstić information content (AvgIpc) is 3.96. The van der Waals surface area contributed by atoms with E-state index >= 15 is 0 Å². The summed E-state index contributed by atoms with van der Waals surface area (Å²) in [5.74, 6) is -42.4. The smallest absolute Gasteiger partial charge is 0.208 e. The highest BCUT2D eigenvalue weighted by Gasteiger charge is 2.41. The molecule has 2 heterocycles. The summed E-state index contributed by atoms with van der Waals surface area (Å²) in [6.07, 6.45) is 0. The number of phenols is 26. The van der Waals surface area contributed by atoms with Gasteiger partial charge in [0.2, 0.25) is 69.0 Å². The van der Waals surface area contributed by atoms with Crippen molar-refractivity contribution in [2.75, 3.05) is 0 Å². The predicted molar refractivity (Wildman–Crippen MR) is 236 cm³/mol. The average molecular weight is 1000 g/mol. The van der Waals surface area contributed by atoms with Crippen LogP contribution in [-0.2, 0) is 0 Å². The monoisotopic (exact) mass is 1000 g/mol. The lowest BCUT2D eigenvalue weighted by molar-refractivity contribution is 0.330. The van der Waals surface area contributed by atoms with E-state index in [9.17, 15) is 133 Å². The van der Waals surface area contributed by atoms with Crippen molar-refractivity contribution in [3.63, 3.8) is 0 Å². The third-order valence-electron chi connectivity index (χ3n) is 12.3. The Bertz CT molecular complexity index is 4250. The van der Waals surface area contributed by atoms with Crippen molar-refractivity contribution in [2.24, 2.45) is 0 Å². The highest BCUT2D eigenvalue weighted by atomic mass is 16.4. The number of benzene rings is 8. The molecule has 28 heteroatoms. The maximum absolute atomic E-state index is 12.7. The van der Waals surface area contributed by atoms with Gasteiger partial charge in [-0.3, -0.25) is 0 Å². The zero-order valence-electron chi connectivity index (χ0n) is 34.4. The molecule has 0 fully saturated rings. The van der Waals surface area contributed by atoms with Crippen molar-refractivity contribution < 1.29 is 142 Å². The molecule has 28 nitrogen and oxygen atoms in total. The fraction of sp³-hybridized carbons (Fsp3) is 0. The van der Waals surface area contributed by atoms with Crippen LogP contribution in [0.2, 0.25) is 0 Å². The lowest BCUT2D eigenvalue weighted by Gasteiger charge is -2.25. The molecule has 0 unspecified atom stereocenters. The van der Waals surface area contributed by atoms with Crippen LogP contribution in [0.4, 0.5) is 0 Å². The minimum atomic E-state index is -1.86. The van der Waals surface area contributed by atoms with Crippen molar-refractivity contribution in [3.05, 3.63) is 0 Å². The maximum atomic E-state index is 12.7. The second-order valence-corrected chi connectivity index (χ2v) is 15.8. The summed E-state index contributed by atoms with van der Waals surface area (Å²) < 4.78 is 10.7. The summed E-state index contributed by atoms with van der Waals surface area (Å²) in [5, 5.41) is 281. The fourth-order valence-corrected chi connectivity index (χ4v) is 9.02. The summed E-state index contributed by atoms with van der Waals surface area (Å²) in [6, 6.07) is 0. The molecule has 0 aliphatic carbocycles. The first-order valence-electron chi connectivity index (χ1n) is 19.4. The topological polar surface area (TPSA) is 552 Å². The van der Waals surface area contributed by atoms with E-state index in [-0.39, 0.29) is 0 Å². The largest absolute Gasteiger partial charge is 0.506 e. The maximum Gasteiger partial charge on any atom is 0.208 e. The molecule has 26 N–H and O–H groups in total. The molecule has 0 bridgehead atoms. The van der Waals surface area contributed by atoms with Crippen molar-refractivity contribution in [1.82, 2.24) is 0 Å². The van der Waals surface area contributed by atoms with Gasteiger partial charge in [0.15, 0.2) is 91.3 Å². The van der Waals surface area contributed by atoms with E-state index in [1.165, 1.54) is 0 Å². The van der Waals surface area contributed by atoms with E-state index in [0.29, 0.717) is 0 Å². The van der Waals surface area contributed by atoms with Crippen LogP contribution in [0.1, 0.15) is 0 Å². The highest BCUT2D eigenvalue weighted by Crippen LogP contribution is 2.70. The minimum absolute atomic E-state index is 0.921. The normalized spacial score (nSPS) is 11.9. The van der Waals surface area contributed by atoms with Gasteiger partial charge >= 0.3 is 0 Å². The van der Waals surface area contributed by atoms with E-state index in [2.05, 4.69) is 0 Å². The van der Waals surface area contributed by atoms with Crippen molar-refractivity contribution in [2.45, 2.75) is 0 Å². The molecule has 370 valence electrons. The quantitative estimate of drug-likeness (QED) is 0.0619. The van der Waals surface area contributed by atoms with E-state index < -0.39 is 248 Å². The van der Waals surface area contributed by atoms with Crippen molar-refractivity contribution >= 4 is 65.4 Å². The zero-order valence-corrected chi connectivity index (χ0v) is 34.4. The molecule has 0 aliphatic rings. The first-order chi connectivity index (χ1) is 33.6. The molecular weight excluding hydrogens is 976 g/mol. The van der Waals surface area contributed by atoms with Crippen LogP contribution in [-0.4, -0.2) is 133 Å². The third-order valence-corrected chi connectivity index (χ3v) is 12.3. The minimum Gasteiger partial charge on any atom is -0.506 e. The Morgan fingerprint density at radius 1 is 0.125 bits per heavy atom. The Hall–Kier alpha value is -11.3. The molecule has 8 aromatic carbocycles. The molecule has 0 amide bonds. The first kappa shape index (κ1) is 44.5. The van der Waals surface area contributed by atoms with Crippen LogP contribution in [0.5, 0.6) is 149 Å². The second kappa shape index (κ2) is 13.7. The second-order valence-electron chi connectivity index (χ2n) is 15.8. The highest BCUT2D eigenvalue weighted by molar-refractivity contribution is 6.33. The number of furan rings is 2. The van der Waals surface area contributed by atoms with E-state index in [0.717, 1.165) is 0 Å². The van der Waals surface area contributed by atoms with Gasteiger partial charge in [0.25, 0.3) is 0 Å². The van der Waals surface area contributed by atoms with Crippen LogP contribution in [0.3, 0.4) is 0 Å². The summed E-state index contributed by atoms with van der Waals surface area (Å²) in [6.45, 7) is 0. The van der Waals surface area contributed by atoms with Gasteiger partial charge in [0, 0.05) is 32.7 Å². The van der Waals surface area contributed by atoms with Gasteiger partial charge in [-0.25, -0.2) is 0 Å². The molecular formula is C44H26O28. The molecule has 0 aliphatic heterocycles. The van der Waals surface area contributed by atoms with E-state index in [1.54, 1.807) is 0 Å². The third kappa shape index (κ3) is 4.85. The molecule has 0 atom stereocenters. The Kier molecular flexibility index (Phi) is 8.44. The lowest BCUT2D eigenvalue weighted by atomic mass is 9.81. The molecule has 0 radical (unpaired) electrons. The molecule has 2 aromatic heterocycles. The van der Waals surface area contributed by atoms with Crippen LogP contribution >= 0.6 is 0 Å². The Balaban J connectivity index is 1.55. The Labute approximate surface area is 389 Å². The van der Waals surface area contributed by atoms with Crippen LogP contribution in [0.15, 0.2) is 8.83 Å². The number of fused-ring (bicyclic) bond motifs is 8. The predicted octanol–water partition coefficient (Wildman–Crippen LogP) is 5.14. The molecule has 72 heavy (non-hydrogen) atoms. The van der Waals surface area contributed by atoms with Crippen molar-refractivity contribution in [1.29, 1.82) is 0 Å². The zero-order chi connectivity index (χ0) is 52.8. The molecule has 0 spiro atoms. The molecule has 10 aromatic rings.